The summed E-state index contributed by atoms with van der Waals surface area (Å²) in [5.74, 6) is 0.162. The van der Waals surface area contributed by atoms with E-state index in [9.17, 15) is 13.2 Å². The van der Waals surface area contributed by atoms with E-state index in [2.05, 4.69) is 0 Å². The monoisotopic (exact) mass is 455 g/mol. The van der Waals surface area contributed by atoms with Crippen LogP contribution in [0.1, 0.15) is 21.9 Å². The number of fused-ring (bicyclic) bond motifs is 1. The van der Waals surface area contributed by atoms with Crippen LogP contribution in [0.25, 0.3) is 11.0 Å². The van der Waals surface area contributed by atoms with Gasteiger partial charge < -0.3 is 18.3 Å². The molecule has 0 spiro atoms. The van der Waals surface area contributed by atoms with Gasteiger partial charge in [0.15, 0.2) is 0 Å². The maximum Gasteiger partial charge on any atom is 0.375 e. The van der Waals surface area contributed by atoms with Gasteiger partial charge in [0.1, 0.15) is 30.3 Å². The molecule has 0 saturated carbocycles. The molecule has 0 saturated heterocycles. The Balaban J connectivity index is 1.53. The second-order valence-electron chi connectivity index (χ2n) is 7.09. The fourth-order valence-corrected chi connectivity index (χ4v) is 3.85. The number of carbonyl (C=O) groups excluding carboxylic acids is 1. The standard InChI is InChI=1S/C23H21NO7S/c1-24(2)32(26,27)21-13-12-17(30-21)14-29-23(25)22-19(15-28-16-8-4-3-5-9-16)18-10-6-7-11-20(18)31-22/h3-13H,14-15H2,1-2H3. The third-order valence-corrected chi connectivity index (χ3v) is 6.42. The Kier molecular flexibility index (Phi) is 6.02. The smallest absolute Gasteiger partial charge is 0.375 e. The summed E-state index contributed by atoms with van der Waals surface area (Å²) in [6.07, 6.45) is 0. The molecule has 4 rings (SSSR count). The first-order valence-corrected chi connectivity index (χ1v) is 11.2. The molecule has 0 unspecified atom stereocenters. The Labute approximate surface area is 185 Å². The Hall–Kier alpha value is -3.56. The summed E-state index contributed by atoms with van der Waals surface area (Å²) in [6.45, 7) is -0.144. The van der Waals surface area contributed by atoms with Crippen molar-refractivity contribution in [3.8, 4) is 5.75 Å². The average Bonchev–Trinajstić information content (AvgIpc) is 3.42. The maximum atomic E-state index is 12.8. The minimum Gasteiger partial charge on any atom is -0.489 e. The minimum absolute atomic E-state index is 0.0230. The van der Waals surface area contributed by atoms with Gasteiger partial charge in [-0.25, -0.2) is 17.5 Å². The highest BCUT2D eigenvalue weighted by atomic mass is 32.2. The highest BCUT2D eigenvalue weighted by Crippen LogP contribution is 2.28. The van der Waals surface area contributed by atoms with Crippen molar-refractivity contribution >= 4 is 27.0 Å². The van der Waals surface area contributed by atoms with E-state index in [0.29, 0.717) is 16.9 Å². The molecule has 2 heterocycles. The van der Waals surface area contributed by atoms with E-state index in [4.69, 9.17) is 18.3 Å². The van der Waals surface area contributed by atoms with Crippen molar-refractivity contribution in [2.45, 2.75) is 18.3 Å². The summed E-state index contributed by atoms with van der Waals surface area (Å²) in [4.78, 5) is 12.8. The van der Waals surface area contributed by atoms with E-state index in [1.54, 1.807) is 12.1 Å². The van der Waals surface area contributed by atoms with Gasteiger partial charge in [-0.3, -0.25) is 0 Å². The molecule has 9 heteroatoms. The first-order valence-electron chi connectivity index (χ1n) is 9.73. The molecule has 4 aromatic rings. The molecule has 0 N–H and O–H groups in total. The average molecular weight is 455 g/mol. The van der Waals surface area contributed by atoms with Crippen molar-refractivity contribution in [3.63, 3.8) is 0 Å². The third-order valence-electron chi connectivity index (χ3n) is 4.73. The number of hydrogen-bond acceptors (Lipinski definition) is 7. The molecule has 0 aliphatic rings. The quantitative estimate of drug-likeness (QED) is 0.367. The van der Waals surface area contributed by atoms with Gasteiger partial charge >= 0.3 is 5.97 Å². The van der Waals surface area contributed by atoms with Gasteiger partial charge in [0.2, 0.25) is 10.9 Å². The molecular weight excluding hydrogens is 434 g/mol. The number of para-hydroxylation sites is 2. The summed E-state index contributed by atoms with van der Waals surface area (Å²) in [6, 6.07) is 19.2. The zero-order valence-corrected chi connectivity index (χ0v) is 18.3. The molecule has 166 valence electrons. The van der Waals surface area contributed by atoms with Crippen LogP contribution in [0.2, 0.25) is 0 Å². The summed E-state index contributed by atoms with van der Waals surface area (Å²) in [5.41, 5.74) is 1.09. The van der Waals surface area contributed by atoms with Crippen LogP contribution in [0.5, 0.6) is 5.75 Å². The molecule has 8 nitrogen and oxygen atoms in total. The number of esters is 1. The molecular formula is C23H21NO7S. The number of rotatable bonds is 8. The van der Waals surface area contributed by atoms with Gasteiger partial charge in [-0.2, -0.15) is 0 Å². The van der Waals surface area contributed by atoms with Gasteiger partial charge in [0.25, 0.3) is 10.0 Å². The van der Waals surface area contributed by atoms with E-state index in [-0.39, 0.29) is 29.8 Å². The third kappa shape index (κ3) is 4.39. The molecule has 0 aliphatic heterocycles. The van der Waals surface area contributed by atoms with E-state index in [1.807, 2.05) is 42.5 Å². The van der Waals surface area contributed by atoms with Crippen LogP contribution in [-0.4, -0.2) is 32.8 Å². The van der Waals surface area contributed by atoms with Crippen LogP contribution in [0.15, 0.2) is 80.7 Å². The molecule has 0 fully saturated rings. The van der Waals surface area contributed by atoms with Crippen molar-refractivity contribution in [2.24, 2.45) is 0 Å². The van der Waals surface area contributed by atoms with Crippen LogP contribution >= 0.6 is 0 Å². The predicted molar refractivity (Wildman–Crippen MR) is 116 cm³/mol. The lowest BCUT2D eigenvalue weighted by molar-refractivity contribution is 0.0403. The summed E-state index contributed by atoms with van der Waals surface area (Å²) >= 11 is 0. The van der Waals surface area contributed by atoms with Gasteiger partial charge in [-0.1, -0.05) is 36.4 Å². The van der Waals surface area contributed by atoms with Gasteiger partial charge in [0.05, 0.1) is 5.56 Å². The van der Waals surface area contributed by atoms with Crippen molar-refractivity contribution in [2.75, 3.05) is 14.1 Å². The Morgan fingerprint density at radius 3 is 2.38 bits per heavy atom. The van der Waals surface area contributed by atoms with E-state index >= 15 is 0 Å². The fraction of sp³-hybridized carbons (Fsp3) is 0.174. The number of carbonyl (C=O) groups is 1. The number of hydrogen-bond donors (Lipinski definition) is 0. The number of benzene rings is 2. The van der Waals surface area contributed by atoms with Crippen molar-refractivity contribution in [1.82, 2.24) is 4.31 Å². The van der Waals surface area contributed by atoms with Crippen LogP contribution in [0.4, 0.5) is 0 Å². The maximum absolute atomic E-state index is 12.8. The van der Waals surface area contributed by atoms with Gasteiger partial charge in [0, 0.05) is 19.5 Å². The highest BCUT2D eigenvalue weighted by Gasteiger charge is 2.24. The number of nitrogens with zero attached hydrogens (tertiary/aromatic N) is 1. The zero-order valence-electron chi connectivity index (χ0n) is 17.5. The van der Waals surface area contributed by atoms with Crippen LogP contribution in [0, 0.1) is 0 Å². The second-order valence-corrected chi connectivity index (χ2v) is 9.17. The second kappa shape index (κ2) is 8.89. The van der Waals surface area contributed by atoms with Crippen LogP contribution in [-0.2, 0) is 28.0 Å². The topological polar surface area (TPSA) is 99.2 Å². The lowest BCUT2D eigenvalue weighted by atomic mass is 10.1. The lowest BCUT2D eigenvalue weighted by Gasteiger charge is -2.08. The lowest BCUT2D eigenvalue weighted by Crippen LogP contribution is -2.21. The number of ether oxygens (including phenoxy) is 2. The molecule has 0 bridgehead atoms. The van der Waals surface area contributed by atoms with E-state index in [0.717, 1.165) is 9.69 Å². The summed E-state index contributed by atoms with van der Waals surface area (Å²) in [7, 11) is -0.911. The predicted octanol–water partition coefficient (Wildman–Crippen LogP) is 4.21. The van der Waals surface area contributed by atoms with E-state index < -0.39 is 16.0 Å². The van der Waals surface area contributed by atoms with Crippen molar-refractivity contribution in [1.29, 1.82) is 0 Å². The molecule has 0 amide bonds. The Bertz CT molecular complexity index is 1340. The SMILES string of the molecule is CN(C)S(=O)(=O)c1ccc(COC(=O)c2oc3ccccc3c2COc2ccccc2)o1. The zero-order chi connectivity index (χ0) is 22.7. The van der Waals surface area contributed by atoms with Gasteiger partial charge in [-0.15, -0.1) is 0 Å². The molecule has 0 radical (unpaired) electrons. The molecule has 32 heavy (non-hydrogen) atoms. The molecule has 2 aromatic heterocycles. The van der Waals surface area contributed by atoms with Crippen molar-refractivity contribution < 1.29 is 31.5 Å². The first kappa shape index (κ1) is 21.7. The molecule has 0 atom stereocenters. The first-order chi connectivity index (χ1) is 15.4. The largest absolute Gasteiger partial charge is 0.489 e. The Morgan fingerprint density at radius 1 is 0.906 bits per heavy atom. The number of furan rings is 2. The normalized spacial score (nSPS) is 11.7. The Morgan fingerprint density at radius 2 is 1.62 bits per heavy atom. The van der Waals surface area contributed by atoms with E-state index in [1.165, 1.54) is 26.2 Å². The molecule has 0 aliphatic carbocycles. The summed E-state index contributed by atoms with van der Waals surface area (Å²) in [5, 5.41) is 0.516. The van der Waals surface area contributed by atoms with Gasteiger partial charge in [-0.05, 0) is 30.3 Å². The molecule has 2 aromatic carbocycles. The fourth-order valence-electron chi connectivity index (χ4n) is 3.04. The number of sulfonamides is 1. The van der Waals surface area contributed by atoms with Crippen LogP contribution in [0.3, 0.4) is 0 Å². The minimum atomic E-state index is -3.71. The summed E-state index contributed by atoms with van der Waals surface area (Å²) < 4.78 is 47.5. The van der Waals surface area contributed by atoms with Crippen molar-refractivity contribution in [3.05, 3.63) is 83.8 Å². The highest BCUT2D eigenvalue weighted by molar-refractivity contribution is 7.88. The van der Waals surface area contributed by atoms with Crippen LogP contribution < -0.4 is 4.74 Å².